The van der Waals surface area contributed by atoms with Crippen molar-refractivity contribution < 1.29 is 18.3 Å². The third-order valence-electron chi connectivity index (χ3n) is 5.43. The van der Waals surface area contributed by atoms with Crippen molar-refractivity contribution in [3.05, 3.63) is 0 Å². The number of hydrogen-bond acceptors (Lipinski definition) is 4. The van der Waals surface area contributed by atoms with Crippen LogP contribution in [-0.4, -0.2) is 67.0 Å². The van der Waals surface area contributed by atoms with Crippen molar-refractivity contribution >= 4 is 16.2 Å². The van der Waals surface area contributed by atoms with Gasteiger partial charge in [0.2, 0.25) is 0 Å². The molecule has 0 aromatic heterocycles. The molecule has 1 aliphatic heterocycles. The second-order valence-corrected chi connectivity index (χ2v) is 9.52. The van der Waals surface area contributed by atoms with Gasteiger partial charge in [-0.05, 0) is 50.4 Å². The Balaban J connectivity index is 1.48. The highest BCUT2D eigenvalue weighted by molar-refractivity contribution is 7.87. The van der Waals surface area contributed by atoms with Crippen LogP contribution in [0, 0.1) is 11.8 Å². The molecule has 0 aromatic rings. The Hall–Kier alpha value is -0.700. The molecule has 3 aliphatic rings. The van der Waals surface area contributed by atoms with Crippen molar-refractivity contribution in [3.8, 4) is 0 Å². The number of hydrogen-bond donors (Lipinski definition) is 2. The lowest BCUT2D eigenvalue weighted by atomic mass is 9.86. The minimum Gasteiger partial charge on any atom is -0.480 e. The Labute approximate surface area is 144 Å². The molecule has 1 saturated heterocycles. The number of rotatable bonds is 8. The van der Waals surface area contributed by atoms with Gasteiger partial charge in [0, 0.05) is 31.7 Å². The van der Waals surface area contributed by atoms with Gasteiger partial charge in [0.15, 0.2) is 0 Å². The summed E-state index contributed by atoms with van der Waals surface area (Å²) in [4.78, 5) is 13.1. The number of nitrogens with one attached hydrogen (secondary N) is 1. The predicted molar refractivity (Wildman–Crippen MR) is 90.8 cm³/mol. The summed E-state index contributed by atoms with van der Waals surface area (Å²) in [5.74, 6) is 0.242. The average molecular weight is 359 g/mol. The van der Waals surface area contributed by atoms with Crippen LogP contribution in [0.15, 0.2) is 0 Å². The molecule has 3 rings (SSSR count). The summed E-state index contributed by atoms with van der Waals surface area (Å²) in [5.41, 5.74) is 0. The molecule has 8 heteroatoms. The molecule has 0 spiro atoms. The number of carboxylic acid groups (broad SMARTS) is 1. The van der Waals surface area contributed by atoms with Gasteiger partial charge in [-0.1, -0.05) is 6.92 Å². The largest absolute Gasteiger partial charge is 0.480 e. The fourth-order valence-corrected chi connectivity index (χ4v) is 5.36. The van der Waals surface area contributed by atoms with Gasteiger partial charge in [-0.2, -0.15) is 17.4 Å². The quantitative estimate of drug-likeness (QED) is 0.671. The zero-order valence-electron chi connectivity index (χ0n) is 14.4. The fourth-order valence-electron chi connectivity index (χ4n) is 3.78. The fraction of sp³-hybridized carbons (Fsp3) is 0.938. The summed E-state index contributed by atoms with van der Waals surface area (Å²) >= 11 is 0. The summed E-state index contributed by atoms with van der Waals surface area (Å²) in [7, 11) is -3.41. The summed E-state index contributed by atoms with van der Waals surface area (Å²) < 4.78 is 29.3. The van der Waals surface area contributed by atoms with E-state index in [2.05, 4.69) is 11.6 Å². The zero-order valence-corrected chi connectivity index (χ0v) is 15.2. The molecule has 3 fully saturated rings. The van der Waals surface area contributed by atoms with Gasteiger partial charge in [0.1, 0.15) is 0 Å². The van der Waals surface area contributed by atoms with Gasteiger partial charge in [-0.25, -0.2) is 0 Å². The molecule has 0 aromatic carbocycles. The predicted octanol–water partition coefficient (Wildman–Crippen LogP) is 0.880. The number of piperidine rings is 1. The molecule has 0 radical (unpaired) electrons. The zero-order chi connectivity index (χ0) is 17.3. The Kier molecular flexibility index (Phi) is 5.48. The monoisotopic (exact) mass is 359 g/mol. The molecule has 1 atom stereocenters. The molecular formula is C16H29N3O4S. The van der Waals surface area contributed by atoms with Crippen LogP contribution >= 0.6 is 0 Å². The lowest BCUT2D eigenvalue weighted by molar-refractivity contribution is -0.139. The van der Waals surface area contributed by atoms with Crippen molar-refractivity contribution in [1.29, 1.82) is 0 Å². The number of carbonyl (C=O) groups is 1. The SMILES string of the molecule is CC1CCCN(S(=O)(=O)NC2CC(N(CC(=O)O)CC3CC3)C2)C1. The molecule has 138 valence electrons. The van der Waals surface area contributed by atoms with Gasteiger partial charge >= 0.3 is 5.97 Å². The highest BCUT2D eigenvalue weighted by Gasteiger charge is 2.40. The maximum Gasteiger partial charge on any atom is 0.317 e. The van der Waals surface area contributed by atoms with Gasteiger partial charge in [0.25, 0.3) is 10.2 Å². The van der Waals surface area contributed by atoms with Crippen LogP contribution < -0.4 is 4.72 Å². The van der Waals surface area contributed by atoms with Crippen molar-refractivity contribution in [3.63, 3.8) is 0 Å². The maximum absolute atomic E-state index is 12.5. The molecule has 7 nitrogen and oxygen atoms in total. The van der Waals surface area contributed by atoms with Crippen LogP contribution in [0.3, 0.4) is 0 Å². The van der Waals surface area contributed by atoms with E-state index in [1.807, 2.05) is 4.90 Å². The van der Waals surface area contributed by atoms with Gasteiger partial charge in [0.05, 0.1) is 6.54 Å². The molecule has 0 amide bonds. The van der Waals surface area contributed by atoms with Crippen molar-refractivity contribution in [1.82, 2.24) is 13.9 Å². The Morgan fingerprint density at radius 2 is 2.00 bits per heavy atom. The Morgan fingerprint density at radius 3 is 2.58 bits per heavy atom. The van der Waals surface area contributed by atoms with Gasteiger partial charge in [-0.3, -0.25) is 9.69 Å². The third kappa shape index (κ3) is 4.68. The molecular weight excluding hydrogens is 330 g/mol. The minimum absolute atomic E-state index is 0.0598. The summed E-state index contributed by atoms with van der Waals surface area (Å²) in [6.45, 7) is 4.17. The van der Waals surface area contributed by atoms with E-state index in [4.69, 9.17) is 5.11 Å². The summed E-state index contributed by atoms with van der Waals surface area (Å²) in [6, 6.07) is 0.127. The summed E-state index contributed by atoms with van der Waals surface area (Å²) in [5, 5.41) is 9.07. The molecule has 1 unspecified atom stereocenters. The first-order valence-electron chi connectivity index (χ1n) is 9.06. The first kappa shape index (κ1) is 18.1. The first-order valence-corrected chi connectivity index (χ1v) is 10.5. The lowest BCUT2D eigenvalue weighted by Gasteiger charge is -2.43. The highest BCUT2D eigenvalue weighted by Crippen LogP contribution is 2.34. The highest BCUT2D eigenvalue weighted by atomic mass is 32.2. The Morgan fingerprint density at radius 1 is 1.29 bits per heavy atom. The van der Waals surface area contributed by atoms with E-state index in [1.54, 1.807) is 4.31 Å². The smallest absolute Gasteiger partial charge is 0.317 e. The molecule has 0 bridgehead atoms. The van der Waals surface area contributed by atoms with Gasteiger partial charge < -0.3 is 5.11 Å². The van der Waals surface area contributed by atoms with Crippen LogP contribution in [0.1, 0.15) is 45.4 Å². The molecule has 2 saturated carbocycles. The standard InChI is InChI=1S/C16H29N3O4S/c1-12-3-2-6-19(9-12)24(22,23)17-14-7-15(8-14)18(11-16(20)21)10-13-4-5-13/h12-15,17H,2-11H2,1H3,(H,20,21). The summed E-state index contributed by atoms with van der Waals surface area (Å²) in [6.07, 6.45) is 5.80. The first-order chi connectivity index (χ1) is 11.3. The second kappa shape index (κ2) is 7.27. The van der Waals surface area contributed by atoms with E-state index in [9.17, 15) is 13.2 Å². The van der Waals surface area contributed by atoms with Crippen molar-refractivity contribution in [2.75, 3.05) is 26.2 Å². The number of carboxylic acids is 1. The topological polar surface area (TPSA) is 90.0 Å². The molecule has 2 N–H and O–H groups in total. The van der Waals surface area contributed by atoms with E-state index < -0.39 is 16.2 Å². The van der Waals surface area contributed by atoms with E-state index in [0.29, 0.717) is 37.8 Å². The van der Waals surface area contributed by atoms with E-state index in [-0.39, 0.29) is 18.6 Å². The van der Waals surface area contributed by atoms with E-state index in [1.165, 1.54) is 12.8 Å². The van der Waals surface area contributed by atoms with Gasteiger partial charge in [-0.15, -0.1) is 0 Å². The molecule has 24 heavy (non-hydrogen) atoms. The second-order valence-electron chi connectivity index (χ2n) is 7.82. The number of aliphatic carboxylic acids is 1. The van der Waals surface area contributed by atoms with Crippen LogP contribution in [0.4, 0.5) is 0 Å². The van der Waals surface area contributed by atoms with Crippen LogP contribution in [0.5, 0.6) is 0 Å². The minimum atomic E-state index is -3.41. The molecule has 1 heterocycles. The van der Waals surface area contributed by atoms with E-state index in [0.717, 1.165) is 19.4 Å². The van der Waals surface area contributed by atoms with Crippen molar-refractivity contribution in [2.24, 2.45) is 11.8 Å². The van der Waals surface area contributed by atoms with Crippen molar-refractivity contribution in [2.45, 2.75) is 57.5 Å². The third-order valence-corrected chi connectivity index (χ3v) is 7.08. The van der Waals surface area contributed by atoms with Crippen LogP contribution in [0.2, 0.25) is 0 Å². The Bertz CT molecular complexity index is 558. The lowest BCUT2D eigenvalue weighted by Crippen LogP contribution is -2.57. The molecule has 2 aliphatic carbocycles. The maximum atomic E-state index is 12.5. The number of nitrogens with zero attached hydrogens (tertiary/aromatic N) is 2. The average Bonchev–Trinajstić information content (AvgIpc) is 3.25. The normalized spacial score (nSPS) is 31.8. The van der Waals surface area contributed by atoms with E-state index >= 15 is 0 Å². The van der Waals surface area contributed by atoms with Crippen LogP contribution in [0.25, 0.3) is 0 Å². The van der Waals surface area contributed by atoms with Crippen LogP contribution in [-0.2, 0) is 15.0 Å².